The molecule has 0 spiro atoms. The van der Waals surface area contributed by atoms with E-state index in [1.54, 1.807) is 17.4 Å². The van der Waals surface area contributed by atoms with Crippen LogP contribution in [0.2, 0.25) is 0 Å². The lowest BCUT2D eigenvalue weighted by molar-refractivity contribution is 0.0233. The molecule has 3 aromatic rings. The molecule has 8 heteroatoms. The van der Waals surface area contributed by atoms with Crippen molar-refractivity contribution in [3.63, 3.8) is 0 Å². The summed E-state index contributed by atoms with van der Waals surface area (Å²) in [6, 6.07) is 14.4. The van der Waals surface area contributed by atoms with Crippen molar-refractivity contribution in [2.75, 3.05) is 25.4 Å². The van der Waals surface area contributed by atoms with E-state index in [0.29, 0.717) is 23.8 Å². The number of benzene rings is 1. The zero-order valence-corrected chi connectivity index (χ0v) is 22.9. The number of nitrogens with zero attached hydrogens (tertiary/aromatic N) is 2. The number of carbonyl (C=O) groups excluding carboxylic acids is 1. The van der Waals surface area contributed by atoms with Crippen molar-refractivity contribution in [3.05, 3.63) is 79.7 Å². The monoisotopic (exact) mass is 540 g/mol. The van der Waals surface area contributed by atoms with Crippen LogP contribution in [0.25, 0.3) is 12.2 Å². The summed E-state index contributed by atoms with van der Waals surface area (Å²) in [7, 11) is 0. The minimum absolute atomic E-state index is 0.0921. The molecule has 190 valence electrons. The van der Waals surface area contributed by atoms with Crippen molar-refractivity contribution in [1.82, 2.24) is 10.0 Å². The second-order valence-corrected chi connectivity index (χ2v) is 11.9. The summed E-state index contributed by atoms with van der Waals surface area (Å²) < 4.78 is 0. The van der Waals surface area contributed by atoms with Gasteiger partial charge in [-0.25, -0.2) is 9.80 Å². The zero-order chi connectivity index (χ0) is 25.3. The van der Waals surface area contributed by atoms with Crippen LogP contribution >= 0.6 is 34.4 Å². The smallest absolute Gasteiger partial charge is 0.345 e. The van der Waals surface area contributed by atoms with E-state index in [9.17, 15) is 9.59 Å². The van der Waals surface area contributed by atoms with Gasteiger partial charge in [0.05, 0.1) is 0 Å². The Kier molecular flexibility index (Phi) is 9.81. The Balaban J connectivity index is 1.32. The average Bonchev–Trinajstić information content (AvgIpc) is 3.57. The van der Waals surface area contributed by atoms with Gasteiger partial charge in [-0.2, -0.15) is 11.3 Å². The van der Waals surface area contributed by atoms with Crippen molar-refractivity contribution in [3.8, 4) is 0 Å². The van der Waals surface area contributed by atoms with Gasteiger partial charge in [0.1, 0.15) is 4.88 Å². The molecule has 1 N–H and O–H groups in total. The maximum absolute atomic E-state index is 12.7. The van der Waals surface area contributed by atoms with Gasteiger partial charge in [0.25, 0.3) is 5.24 Å². The Morgan fingerprint density at radius 2 is 2.00 bits per heavy atom. The lowest BCUT2D eigenvalue weighted by Crippen LogP contribution is -2.50. The summed E-state index contributed by atoms with van der Waals surface area (Å²) in [6.07, 6.45) is 8.16. The number of carboxylic acids is 1. The van der Waals surface area contributed by atoms with Gasteiger partial charge in [0.2, 0.25) is 0 Å². The van der Waals surface area contributed by atoms with E-state index in [-0.39, 0.29) is 5.24 Å². The summed E-state index contributed by atoms with van der Waals surface area (Å²) in [4.78, 5) is 25.2. The molecule has 0 radical (unpaired) electrons. The molecule has 1 aliphatic rings. The van der Waals surface area contributed by atoms with E-state index in [0.717, 1.165) is 43.0 Å². The third-order valence-electron chi connectivity index (χ3n) is 6.43. The fourth-order valence-electron chi connectivity index (χ4n) is 4.36. The van der Waals surface area contributed by atoms with Gasteiger partial charge in [-0.15, -0.1) is 11.3 Å². The Morgan fingerprint density at radius 3 is 2.75 bits per heavy atom. The zero-order valence-electron chi connectivity index (χ0n) is 20.5. The standard InChI is InChI=1S/C28H32N2O3S3/c1-2-21(18-24-5-3-4-22(19-24)6-7-23-12-16-34-20-23)10-13-29-15-17-35-28(33)30(29)14-11-25-8-9-26(36-25)27(31)32/h3-9,12,16,19-21H,2,10-11,13-15,17-18H2,1H3,(H,31,32)/b7-6+. The first-order valence-electron chi connectivity index (χ1n) is 12.3. The Hall–Kier alpha value is -2.39. The van der Waals surface area contributed by atoms with Crippen LogP contribution in [-0.4, -0.2) is 51.7 Å². The maximum Gasteiger partial charge on any atom is 0.345 e. The summed E-state index contributed by atoms with van der Waals surface area (Å²) in [5, 5.41) is 17.6. The molecule has 4 rings (SSSR count). The van der Waals surface area contributed by atoms with Gasteiger partial charge in [-0.05, 0) is 64.4 Å². The molecule has 1 amide bonds. The first-order valence-corrected chi connectivity index (χ1v) is 15.1. The molecule has 5 nitrogen and oxygen atoms in total. The van der Waals surface area contributed by atoms with Crippen molar-refractivity contribution in [1.29, 1.82) is 0 Å². The van der Waals surface area contributed by atoms with E-state index in [1.165, 1.54) is 39.8 Å². The number of carboxylic acid groups (broad SMARTS) is 1. The molecular weight excluding hydrogens is 509 g/mol. The van der Waals surface area contributed by atoms with Crippen LogP contribution in [-0.2, 0) is 12.8 Å². The number of rotatable bonds is 12. The topological polar surface area (TPSA) is 60.9 Å². The van der Waals surface area contributed by atoms with Gasteiger partial charge in [-0.3, -0.25) is 9.80 Å². The Labute approximate surface area is 225 Å². The molecule has 0 saturated carbocycles. The van der Waals surface area contributed by atoms with E-state index in [2.05, 4.69) is 65.2 Å². The highest BCUT2D eigenvalue weighted by Gasteiger charge is 2.27. The van der Waals surface area contributed by atoms with E-state index in [1.807, 2.05) is 11.1 Å². The van der Waals surface area contributed by atoms with E-state index in [4.69, 9.17) is 5.11 Å². The first-order chi connectivity index (χ1) is 17.5. The highest BCUT2D eigenvalue weighted by Crippen LogP contribution is 2.24. The molecular formula is C28H32N2O3S3. The largest absolute Gasteiger partial charge is 0.477 e. The second-order valence-electron chi connectivity index (χ2n) is 8.91. The van der Waals surface area contributed by atoms with Gasteiger partial charge in [0, 0.05) is 36.7 Å². The predicted molar refractivity (Wildman–Crippen MR) is 153 cm³/mol. The minimum atomic E-state index is -0.896. The number of carbonyl (C=O) groups is 2. The second kappa shape index (κ2) is 13.2. The third-order valence-corrected chi connectivity index (χ3v) is 9.11. The molecule has 1 saturated heterocycles. The number of amides is 1. The lowest BCUT2D eigenvalue weighted by atomic mass is 9.93. The molecule has 0 bridgehead atoms. The number of hydrogen-bond donors (Lipinski definition) is 1. The molecule has 1 aromatic carbocycles. The summed E-state index contributed by atoms with van der Waals surface area (Å²) in [5.41, 5.74) is 3.80. The molecule has 2 aromatic heterocycles. The normalized spacial score (nSPS) is 15.6. The predicted octanol–water partition coefficient (Wildman–Crippen LogP) is 7.27. The molecule has 1 unspecified atom stereocenters. The van der Waals surface area contributed by atoms with Gasteiger partial charge >= 0.3 is 5.97 Å². The van der Waals surface area contributed by atoms with Gasteiger partial charge < -0.3 is 5.11 Å². The maximum atomic E-state index is 12.7. The Morgan fingerprint density at radius 1 is 1.14 bits per heavy atom. The minimum Gasteiger partial charge on any atom is -0.477 e. The van der Waals surface area contributed by atoms with Crippen molar-refractivity contribution >= 4 is 57.8 Å². The summed E-state index contributed by atoms with van der Waals surface area (Å²) in [5.74, 6) is 0.461. The lowest BCUT2D eigenvalue weighted by Gasteiger charge is -2.38. The average molecular weight is 541 g/mol. The fourth-order valence-corrected chi connectivity index (χ4v) is 6.66. The van der Waals surface area contributed by atoms with Crippen LogP contribution in [0.3, 0.4) is 0 Å². The first kappa shape index (κ1) is 26.7. The van der Waals surface area contributed by atoms with Crippen molar-refractivity contribution < 1.29 is 14.7 Å². The van der Waals surface area contributed by atoms with Crippen LogP contribution < -0.4 is 0 Å². The molecule has 3 heterocycles. The number of hydrazine groups is 1. The van der Waals surface area contributed by atoms with Crippen LogP contribution in [0.1, 0.15) is 51.0 Å². The third kappa shape index (κ3) is 7.56. The van der Waals surface area contributed by atoms with Crippen LogP contribution in [0.5, 0.6) is 0 Å². The van der Waals surface area contributed by atoms with E-state index >= 15 is 0 Å². The fraction of sp³-hybridized carbons (Fsp3) is 0.357. The van der Waals surface area contributed by atoms with E-state index < -0.39 is 5.97 Å². The molecule has 1 atom stereocenters. The summed E-state index contributed by atoms with van der Waals surface area (Å²) >= 11 is 4.37. The van der Waals surface area contributed by atoms with Crippen LogP contribution in [0.15, 0.2) is 53.2 Å². The van der Waals surface area contributed by atoms with Gasteiger partial charge in [-0.1, -0.05) is 61.5 Å². The van der Waals surface area contributed by atoms with Crippen LogP contribution in [0.4, 0.5) is 4.79 Å². The molecule has 1 aliphatic heterocycles. The van der Waals surface area contributed by atoms with Crippen molar-refractivity contribution in [2.45, 2.75) is 32.6 Å². The quantitative estimate of drug-likeness (QED) is 0.262. The molecule has 1 fully saturated rings. The number of hydrogen-bond acceptors (Lipinski definition) is 6. The highest BCUT2D eigenvalue weighted by molar-refractivity contribution is 8.13. The Bertz CT molecular complexity index is 1170. The summed E-state index contributed by atoms with van der Waals surface area (Å²) in [6.45, 7) is 4.55. The highest BCUT2D eigenvalue weighted by atomic mass is 32.2. The molecule has 0 aliphatic carbocycles. The molecule has 36 heavy (non-hydrogen) atoms. The van der Waals surface area contributed by atoms with Crippen LogP contribution in [0, 0.1) is 5.92 Å². The number of thioether (sulfide) groups is 1. The number of aromatic carboxylic acids is 1. The van der Waals surface area contributed by atoms with Crippen molar-refractivity contribution in [2.24, 2.45) is 5.92 Å². The SMILES string of the molecule is CCC(CCN1CCSC(=O)N1CCc1ccc(C(=O)O)s1)Cc1cccc(/C=C/c2ccsc2)c1. The van der Waals surface area contributed by atoms with Gasteiger partial charge in [0.15, 0.2) is 0 Å². The number of thiophene rings is 2.